The topological polar surface area (TPSA) is 71.5 Å². The van der Waals surface area contributed by atoms with Crippen LogP contribution in [0.4, 0.5) is 11.6 Å². The fourth-order valence-corrected chi connectivity index (χ4v) is 3.83. The molecule has 1 saturated heterocycles. The Kier molecular flexibility index (Phi) is 3.70. The average Bonchev–Trinajstić information content (AvgIpc) is 3.24. The molecule has 1 amide bonds. The molecule has 2 aromatic heterocycles. The van der Waals surface area contributed by atoms with Crippen LogP contribution >= 0.6 is 11.3 Å². The molecule has 0 aromatic carbocycles. The number of aromatic nitrogens is 3. The molecule has 2 aliphatic heterocycles. The standard InChI is InChI=1S/C15H17N5O2S/c1-10-5-6-12(18-17-10)19-7-2-4-11-13(19)16-14(23-11)15(21)20-8-3-9-22-20/h5-6H,2-4,7-9H2,1H3. The normalized spacial score (nSPS) is 17.4. The van der Waals surface area contributed by atoms with E-state index in [0.717, 1.165) is 48.0 Å². The molecule has 0 saturated carbocycles. The van der Waals surface area contributed by atoms with Crippen LogP contribution in [0.3, 0.4) is 0 Å². The number of fused-ring (bicyclic) bond motifs is 1. The molecule has 4 heterocycles. The van der Waals surface area contributed by atoms with Crippen LogP contribution in [0.1, 0.15) is 33.2 Å². The Bertz CT molecular complexity index is 724. The maximum absolute atomic E-state index is 12.5. The summed E-state index contributed by atoms with van der Waals surface area (Å²) < 4.78 is 0. The van der Waals surface area contributed by atoms with E-state index in [4.69, 9.17) is 4.84 Å². The van der Waals surface area contributed by atoms with Gasteiger partial charge in [-0.25, -0.2) is 10.0 Å². The number of nitrogens with zero attached hydrogens (tertiary/aromatic N) is 5. The molecule has 2 aliphatic rings. The van der Waals surface area contributed by atoms with Crippen LogP contribution in [-0.2, 0) is 11.3 Å². The van der Waals surface area contributed by atoms with Gasteiger partial charge >= 0.3 is 5.91 Å². The fraction of sp³-hybridized carbons (Fsp3) is 0.467. The molecule has 0 spiro atoms. The van der Waals surface area contributed by atoms with Crippen molar-refractivity contribution in [1.82, 2.24) is 20.2 Å². The predicted octanol–water partition coefficient (Wildman–Crippen LogP) is 2.10. The molecule has 0 radical (unpaired) electrons. The van der Waals surface area contributed by atoms with E-state index in [1.165, 1.54) is 16.4 Å². The van der Waals surface area contributed by atoms with E-state index in [9.17, 15) is 4.79 Å². The van der Waals surface area contributed by atoms with Gasteiger partial charge in [-0.1, -0.05) is 0 Å². The molecule has 0 unspecified atom stereocenters. The smallest absolute Gasteiger partial charge is 0.306 e. The largest absolute Gasteiger partial charge is 0.309 e. The zero-order valence-corrected chi connectivity index (χ0v) is 13.7. The first-order valence-electron chi connectivity index (χ1n) is 7.75. The van der Waals surface area contributed by atoms with Crippen molar-refractivity contribution in [2.45, 2.75) is 26.2 Å². The number of amides is 1. The SMILES string of the molecule is Cc1ccc(N2CCCc3sc(C(=O)N4CCCO4)nc32)nn1. The predicted molar refractivity (Wildman–Crippen MR) is 85.8 cm³/mol. The van der Waals surface area contributed by atoms with Crippen LogP contribution in [0, 0.1) is 6.92 Å². The second kappa shape index (κ2) is 5.86. The molecular formula is C15H17N5O2S. The highest BCUT2D eigenvalue weighted by Crippen LogP contribution is 2.36. The minimum absolute atomic E-state index is 0.142. The van der Waals surface area contributed by atoms with Gasteiger partial charge in [0.25, 0.3) is 0 Å². The van der Waals surface area contributed by atoms with Crippen molar-refractivity contribution >= 4 is 28.9 Å². The highest BCUT2D eigenvalue weighted by atomic mass is 32.1. The molecule has 0 bridgehead atoms. The Morgan fingerprint density at radius 2 is 2.17 bits per heavy atom. The lowest BCUT2D eigenvalue weighted by atomic mass is 10.2. The van der Waals surface area contributed by atoms with Crippen molar-refractivity contribution in [3.05, 3.63) is 27.7 Å². The zero-order chi connectivity index (χ0) is 15.8. The number of hydroxylamine groups is 2. The molecule has 0 atom stereocenters. The first-order valence-corrected chi connectivity index (χ1v) is 8.56. The number of aryl methyl sites for hydroxylation is 2. The number of carbonyl (C=O) groups is 1. The summed E-state index contributed by atoms with van der Waals surface area (Å²) in [7, 11) is 0. The second-order valence-electron chi connectivity index (χ2n) is 5.65. The van der Waals surface area contributed by atoms with Crippen LogP contribution in [0.5, 0.6) is 0 Å². The first-order chi connectivity index (χ1) is 11.2. The summed E-state index contributed by atoms with van der Waals surface area (Å²) in [6.45, 7) is 3.98. The molecule has 1 fully saturated rings. The van der Waals surface area contributed by atoms with Gasteiger partial charge in [-0.15, -0.1) is 16.4 Å². The minimum Gasteiger partial charge on any atom is -0.309 e. The second-order valence-corrected chi connectivity index (χ2v) is 6.73. The van der Waals surface area contributed by atoms with Gasteiger partial charge in [0.15, 0.2) is 10.8 Å². The molecule has 120 valence electrons. The van der Waals surface area contributed by atoms with E-state index in [2.05, 4.69) is 15.2 Å². The lowest BCUT2D eigenvalue weighted by Gasteiger charge is -2.25. The molecule has 7 nitrogen and oxygen atoms in total. The number of hydrogen-bond acceptors (Lipinski definition) is 7. The summed E-state index contributed by atoms with van der Waals surface area (Å²) in [5.74, 6) is 1.47. The van der Waals surface area contributed by atoms with Gasteiger partial charge in [0.1, 0.15) is 5.82 Å². The third kappa shape index (κ3) is 2.68. The Morgan fingerprint density at radius 1 is 1.26 bits per heavy atom. The van der Waals surface area contributed by atoms with Crippen molar-refractivity contribution < 1.29 is 9.63 Å². The molecule has 4 rings (SSSR count). The van der Waals surface area contributed by atoms with Crippen LogP contribution in [0.25, 0.3) is 0 Å². The van der Waals surface area contributed by atoms with Gasteiger partial charge in [0, 0.05) is 11.4 Å². The number of thiazole rings is 1. The number of carbonyl (C=O) groups excluding carboxylic acids is 1. The van der Waals surface area contributed by atoms with Crippen LogP contribution < -0.4 is 4.90 Å². The van der Waals surface area contributed by atoms with Gasteiger partial charge in [-0.05, 0) is 38.3 Å². The van der Waals surface area contributed by atoms with E-state index < -0.39 is 0 Å². The van der Waals surface area contributed by atoms with Crippen molar-refractivity contribution in [3.63, 3.8) is 0 Å². The van der Waals surface area contributed by atoms with E-state index >= 15 is 0 Å². The Labute approximate surface area is 137 Å². The summed E-state index contributed by atoms with van der Waals surface area (Å²) in [6, 6.07) is 3.88. The minimum atomic E-state index is -0.142. The van der Waals surface area contributed by atoms with Crippen molar-refractivity contribution in [2.24, 2.45) is 0 Å². The maximum atomic E-state index is 12.5. The number of anilines is 2. The third-order valence-corrected chi connectivity index (χ3v) is 5.03. The van der Waals surface area contributed by atoms with Gasteiger partial charge in [-0.3, -0.25) is 9.63 Å². The third-order valence-electron chi connectivity index (χ3n) is 3.94. The summed E-state index contributed by atoms with van der Waals surface area (Å²) in [5.41, 5.74) is 0.881. The van der Waals surface area contributed by atoms with E-state index in [1.54, 1.807) is 0 Å². The van der Waals surface area contributed by atoms with Gasteiger partial charge in [-0.2, -0.15) is 5.10 Å². The molecule has 2 aromatic rings. The van der Waals surface area contributed by atoms with Crippen molar-refractivity contribution in [1.29, 1.82) is 0 Å². The number of rotatable bonds is 2. The van der Waals surface area contributed by atoms with Gasteiger partial charge in [0.2, 0.25) is 0 Å². The molecular weight excluding hydrogens is 314 g/mol. The Morgan fingerprint density at radius 3 is 2.91 bits per heavy atom. The van der Waals surface area contributed by atoms with E-state index in [0.29, 0.717) is 18.2 Å². The number of hydrogen-bond donors (Lipinski definition) is 0. The monoisotopic (exact) mass is 331 g/mol. The summed E-state index contributed by atoms with van der Waals surface area (Å²) in [6.07, 6.45) is 2.83. The van der Waals surface area contributed by atoms with Gasteiger partial charge in [0.05, 0.1) is 18.8 Å². The summed E-state index contributed by atoms with van der Waals surface area (Å²) >= 11 is 1.46. The van der Waals surface area contributed by atoms with Crippen LogP contribution in [0.2, 0.25) is 0 Å². The van der Waals surface area contributed by atoms with Crippen LogP contribution in [-0.4, -0.2) is 45.8 Å². The lowest BCUT2D eigenvalue weighted by molar-refractivity contribution is -0.0768. The Balaban J connectivity index is 1.65. The molecule has 0 N–H and O–H groups in total. The Hall–Kier alpha value is -2.06. The van der Waals surface area contributed by atoms with E-state index in [-0.39, 0.29) is 5.91 Å². The van der Waals surface area contributed by atoms with E-state index in [1.807, 2.05) is 24.0 Å². The molecule has 0 aliphatic carbocycles. The summed E-state index contributed by atoms with van der Waals surface area (Å²) in [5, 5.41) is 10.3. The van der Waals surface area contributed by atoms with Crippen molar-refractivity contribution in [3.8, 4) is 0 Å². The van der Waals surface area contributed by atoms with Crippen LogP contribution in [0.15, 0.2) is 12.1 Å². The zero-order valence-electron chi connectivity index (χ0n) is 12.9. The highest BCUT2D eigenvalue weighted by Gasteiger charge is 2.29. The summed E-state index contributed by atoms with van der Waals surface area (Å²) in [4.78, 5) is 25.5. The highest BCUT2D eigenvalue weighted by molar-refractivity contribution is 7.14. The average molecular weight is 331 g/mol. The quantitative estimate of drug-likeness (QED) is 0.839. The molecule has 23 heavy (non-hydrogen) atoms. The van der Waals surface area contributed by atoms with Crippen molar-refractivity contribution in [2.75, 3.05) is 24.6 Å². The lowest BCUT2D eigenvalue weighted by Crippen LogP contribution is -2.27. The van der Waals surface area contributed by atoms with Gasteiger partial charge < -0.3 is 4.90 Å². The first kappa shape index (κ1) is 14.5. The fourth-order valence-electron chi connectivity index (χ4n) is 2.79. The maximum Gasteiger partial charge on any atom is 0.306 e. The molecule has 8 heteroatoms.